The monoisotopic (exact) mass is 449 g/mol. The Hall–Kier alpha value is -3.64. The topological polar surface area (TPSA) is 87.3 Å². The second-order valence-corrected chi connectivity index (χ2v) is 7.69. The van der Waals surface area contributed by atoms with Crippen molar-refractivity contribution in [1.82, 2.24) is 10.6 Å². The Morgan fingerprint density at radius 1 is 0.906 bits per heavy atom. The zero-order valence-electron chi connectivity index (χ0n) is 17.6. The smallest absolute Gasteiger partial charge is 0.253 e. The van der Waals surface area contributed by atoms with Crippen molar-refractivity contribution in [1.29, 1.82) is 0 Å². The normalized spacial score (nSPS) is 11.3. The largest absolute Gasteiger partial charge is 0.352 e. The maximum atomic E-state index is 12.8. The number of nitrogens with one attached hydrogen (secondary N) is 3. The van der Waals surface area contributed by atoms with Gasteiger partial charge in [0, 0.05) is 19.2 Å². The third-order valence-electron chi connectivity index (χ3n) is 4.75. The number of hydrogen-bond donors (Lipinski definition) is 3. The summed E-state index contributed by atoms with van der Waals surface area (Å²) >= 11 is 6.15. The molecular formula is C25H24ClN3O3. The first-order valence-corrected chi connectivity index (χ1v) is 10.5. The first-order valence-electron chi connectivity index (χ1n) is 10.2. The zero-order valence-corrected chi connectivity index (χ0v) is 18.4. The highest BCUT2D eigenvalue weighted by molar-refractivity contribution is 6.33. The van der Waals surface area contributed by atoms with Crippen molar-refractivity contribution in [3.63, 3.8) is 0 Å². The molecule has 3 aromatic carbocycles. The fraction of sp³-hybridized carbons (Fsp3) is 0.160. The van der Waals surface area contributed by atoms with Crippen LogP contribution in [0.5, 0.6) is 0 Å². The summed E-state index contributed by atoms with van der Waals surface area (Å²) in [6, 6.07) is 22.8. The molecule has 0 heterocycles. The van der Waals surface area contributed by atoms with Crippen LogP contribution in [-0.2, 0) is 16.1 Å². The molecule has 3 rings (SSSR count). The Kier molecular flexibility index (Phi) is 8.00. The van der Waals surface area contributed by atoms with Gasteiger partial charge in [-0.25, -0.2) is 0 Å². The summed E-state index contributed by atoms with van der Waals surface area (Å²) in [6.45, 7) is 1.74. The lowest BCUT2D eigenvalue weighted by molar-refractivity contribution is -0.121. The van der Waals surface area contributed by atoms with Crippen LogP contribution in [0.2, 0.25) is 5.02 Å². The third kappa shape index (κ3) is 6.68. The minimum absolute atomic E-state index is 0.0611. The highest BCUT2D eigenvalue weighted by Crippen LogP contribution is 2.20. The summed E-state index contributed by atoms with van der Waals surface area (Å²) < 4.78 is 0. The number of rotatable bonds is 8. The van der Waals surface area contributed by atoms with Crippen molar-refractivity contribution in [2.45, 2.75) is 25.9 Å². The van der Waals surface area contributed by atoms with Gasteiger partial charge in [-0.15, -0.1) is 0 Å². The van der Waals surface area contributed by atoms with Gasteiger partial charge in [0.25, 0.3) is 5.91 Å². The van der Waals surface area contributed by atoms with Crippen LogP contribution in [0.15, 0.2) is 78.9 Å². The molecule has 0 bridgehead atoms. The summed E-state index contributed by atoms with van der Waals surface area (Å²) in [5, 5.41) is 8.86. The van der Waals surface area contributed by atoms with E-state index in [2.05, 4.69) is 16.0 Å². The molecule has 0 aliphatic rings. The molecule has 0 aliphatic heterocycles. The van der Waals surface area contributed by atoms with Crippen LogP contribution in [0.4, 0.5) is 5.69 Å². The summed E-state index contributed by atoms with van der Waals surface area (Å²) in [5.41, 5.74) is 2.68. The number of carbonyl (C=O) groups is 3. The van der Waals surface area contributed by atoms with E-state index in [1.807, 2.05) is 42.5 Å². The van der Waals surface area contributed by atoms with Crippen molar-refractivity contribution < 1.29 is 14.4 Å². The Bertz CT molecular complexity index is 1100. The number of anilines is 1. The fourth-order valence-electron chi connectivity index (χ4n) is 3.24. The molecule has 0 radical (unpaired) electrons. The third-order valence-corrected chi connectivity index (χ3v) is 5.08. The summed E-state index contributed by atoms with van der Waals surface area (Å²) in [5.74, 6) is -0.727. The molecule has 0 spiro atoms. The second kappa shape index (κ2) is 11.1. The molecule has 0 aliphatic carbocycles. The molecule has 6 nitrogen and oxygen atoms in total. The summed E-state index contributed by atoms with van der Waals surface area (Å²) in [4.78, 5) is 36.7. The van der Waals surface area contributed by atoms with Gasteiger partial charge in [-0.1, -0.05) is 66.2 Å². The molecule has 3 N–H and O–H groups in total. The van der Waals surface area contributed by atoms with Gasteiger partial charge in [-0.2, -0.15) is 0 Å². The van der Waals surface area contributed by atoms with Crippen LogP contribution in [0.25, 0.3) is 0 Å². The Morgan fingerprint density at radius 2 is 1.62 bits per heavy atom. The van der Waals surface area contributed by atoms with Crippen LogP contribution in [-0.4, -0.2) is 17.7 Å². The minimum Gasteiger partial charge on any atom is -0.352 e. The molecule has 1 atom stereocenters. The van der Waals surface area contributed by atoms with Crippen molar-refractivity contribution in [2.75, 3.05) is 5.32 Å². The van der Waals surface area contributed by atoms with E-state index < -0.39 is 6.04 Å². The Balaban J connectivity index is 1.67. The van der Waals surface area contributed by atoms with E-state index in [4.69, 9.17) is 11.6 Å². The number of amides is 3. The van der Waals surface area contributed by atoms with Gasteiger partial charge in [-0.3, -0.25) is 14.4 Å². The number of carbonyl (C=O) groups excluding carboxylic acids is 3. The lowest BCUT2D eigenvalue weighted by Crippen LogP contribution is -2.33. The first-order chi connectivity index (χ1) is 15.4. The van der Waals surface area contributed by atoms with Gasteiger partial charge in [-0.05, 0) is 35.4 Å². The molecule has 164 valence electrons. The van der Waals surface area contributed by atoms with Gasteiger partial charge in [0.2, 0.25) is 11.8 Å². The molecule has 0 fully saturated rings. The van der Waals surface area contributed by atoms with Gasteiger partial charge >= 0.3 is 0 Å². The predicted molar refractivity (Wildman–Crippen MR) is 125 cm³/mol. The maximum absolute atomic E-state index is 12.8. The van der Waals surface area contributed by atoms with Gasteiger partial charge in [0.1, 0.15) is 0 Å². The molecular weight excluding hydrogens is 426 g/mol. The lowest BCUT2D eigenvalue weighted by atomic mass is 10.0. The summed E-state index contributed by atoms with van der Waals surface area (Å²) in [6.07, 6.45) is 0.0611. The van der Waals surface area contributed by atoms with E-state index >= 15 is 0 Å². The van der Waals surface area contributed by atoms with E-state index in [-0.39, 0.29) is 24.1 Å². The number of hydrogen-bond acceptors (Lipinski definition) is 3. The van der Waals surface area contributed by atoms with Crippen molar-refractivity contribution >= 4 is 35.0 Å². The zero-order chi connectivity index (χ0) is 22.9. The van der Waals surface area contributed by atoms with Crippen molar-refractivity contribution in [3.8, 4) is 0 Å². The van der Waals surface area contributed by atoms with E-state index in [0.29, 0.717) is 22.8 Å². The highest BCUT2D eigenvalue weighted by atomic mass is 35.5. The van der Waals surface area contributed by atoms with Crippen molar-refractivity contribution in [3.05, 3.63) is 101 Å². The highest BCUT2D eigenvalue weighted by Gasteiger charge is 2.20. The Labute approximate surface area is 192 Å². The maximum Gasteiger partial charge on any atom is 0.253 e. The molecule has 3 amide bonds. The van der Waals surface area contributed by atoms with Crippen LogP contribution in [0, 0.1) is 0 Å². The first kappa shape index (κ1) is 23.0. The molecule has 3 aromatic rings. The van der Waals surface area contributed by atoms with Crippen LogP contribution in [0.1, 0.15) is 40.9 Å². The molecule has 7 heteroatoms. The molecule has 0 saturated heterocycles. The van der Waals surface area contributed by atoms with Crippen molar-refractivity contribution in [2.24, 2.45) is 0 Å². The molecule has 0 saturated carbocycles. The number of halogens is 1. The molecule has 32 heavy (non-hydrogen) atoms. The average molecular weight is 450 g/mol. The summed E-state index contributed by atoms with van der Waals surface area (Å²) in [7, 11) is 0. The minimum atomic E-state index is -0.523. The second-order valence-electron chi connectivity index (χ2n) is 7.28. The SMILES string of the molecule is CC(=O)Nc1cccc(CNC(=O)CC(NC(=O)c2ccccc2Cl)c2ccccc2)c1. The van der Waals surface area contributed by atoms with E-state index in [1.165, 1.54) is 6.92 Å². The predicted octanol–water partition coefficient (Wildman–Crippen LogP) is 4.48. The van der Waals surface area contributed by atoms with Gasteiger partial charge in [0.05, 0.1) is 23.0 Å². The van der Waals surface area contributed by atoms with Crippen LogP contribution < -0.4 is 16.0 Å². The quantitative estimate of drug-likeness (QED) is 0.474. The van der Waals surface area contributed by atoms with E-state index in [0.717, 1.165) is 11.1 Å². The average Bonchev–Trinajstić information content (AvgIpc) is 2.78. The standard InChI is InChI=1S/C25H24ClN3O3/c1-17(30)28-20-11-7-8-18(14-20)16-27-24(31)15-23(19-9-3-2-4-10-19)29-25(32)21-12-5-6-13-22(21)26/h2-14,23H,15-16H2,1H3,(H,27,31)(H,28,30)(H,29,32). The van der Waals surface area contributed by atoms with Crippen LogP contribution >= 0.6 is 11.6 Å². The van der Waals surface area contributed by atoms with E-state index in [9.17, 15) is 14.4 Å². The number of benzene rings is 3. The van der Waals surface area contributed by atoms with Gasteiger partial charge in [0.15, 0.2) is 0 Å². The molecule has 1 unspecified atom stereocenters. The van der Waals surface area contributed by atoms with E-state index in [1.54, 1.807) is 36.4 Å². The Morgan fingerprint density at radius 3 is 2.34 bits per heavy atom. The van der Waals surface area contributed by atoms with Crippen LogP contribution in [0.3, 0.4) is 0 Å². The van der Waals surface area contributed by atoms with Gasteiger partial charge < -0.3 is 16.0 Å². The molecule has 0 aromatic heterocycles. The fourth-order valence-corrected chi connectivity index (χ4v) is 3.46. The lowest BCUT2D eigenvalue weighted by Gasteiger charge is -2.19.